The molecule has 2 N–H and O–H groups in total. The van der Waals surface area contributed by atoms with Gasteiger partial charge in [0.1, 0.15) is 12.7 Å². The first-order chi connectivity index (χ1) is 30.1. The third-order valence-electron chi connectivity index (χ3n) is 9.79. The highest BCUT2D eigenvalue weighted by molar-refractivity contribution is 6.02. The van der Waals surface area contributed by atoms with Gasteiger partial charge in [-0.05, 0) is 77.8 Å². The normalized spacial score (nSPS) is 13.4. The van der Waals surface area contributed by atoms with Crippen molar-refractivity contribution in [1.82, 2.24) is 35.1 Å². The van der Waals surface area contributed by atoms with Crippen LogP contribution in [0.25, 0.3) is 33.5 Å². The van der Waals surface area contributed by atoms with Crippen LogP contribution >= 0.6 is 0 Å². The molecule has 0 radical (unpaired) electrons. The van der Waals surface area contributed by atoms with Crippen LogP contribution in [0, 0.1) is 0 Å². The van der Waals surface area contributed by atoms with Gasteiger partial charge in [-0.2, -0.15) is 4.98 Å². The summed E-state index contributed by atoms with van der Waals surface area (Å²) in [6, 6.07) is 27.6. The van der Waals surface area contributed by atoms with Crippen molar-refractivity contribution < 1.29 is 58.1 Å². The summed E-state index contributed by atoms with van der Waals surface area (Å²) in [6.07, 6.45) is 1.45. The van der Waals surface area contributed by atoms with E-state index in [1.165, 1.54) is 6.92 Å². The minimum atomic E-state index is -1.19. The first-order valence-electron chi connectivity index (χ1n) is 20.0. The Morgan fingerprint density at radius 2 is 1.56 bits per heavy atom. The van der Waals surface area contributed by atoms with Crippen LogP contribution in [0.2, 0.25) is 0 Å². The summed E-state index contributed by atoms with van der Waals surface area (Å²) in [5.41, 5.74) is 5.74. The van der Waals surface area contributed by atoms with Crippen LogP contribution in [0.1, 0.15) is 73.0 Å². The second-order valence-electron chi connectivity index (χ2n) is 14.2. The Morgan fingerprint density at radius 1 is 0.823 bits per heavy atom. The molecule has 4 aromatic carbocycles. The number of hydrogen-bond donors (Lipinski definition) is 2. The van der Waals surface area contributed by atoms with Crippen molar-refractivity contribution in [3.63, 3.8) is 0 Å². The molecule has 62 heavy (non-hydrogen) atoms. The molecule has 7 rings (SSSR count). The molecule has 0 bridgehead atoms. The summed E-state index contributed by atoms with van der Waals surface area (Å²) in [6.45, 7) is 3.38. The average Bonchev–Trinajstić information content (AvgIpc) is 3.89. The fourth-order valence-electron chi connectivity index (χ4n) is 6.98. The Bertz CT molecular complexity index is 2470. The van der Waals surface area contributed by atoms with E-state index in [-0.39, 0.29) is 37.0 Å². The van der Waals surface area contributed by atoms with E-state index in [2.05, 4.69) is 25.2 Å². The first-order valence-corrected chi connectivity index (χ1v) is 20.0. The molecule has 2 heterocycles. The maximum atomic E-state index is 13.6. The maximum absolute atomic E-state index is 13.6. The Labute approximate surface area is 355 Å². The molecule has 1 unspecified atom stereocenters. The van der Waals surface area contributed by atoms with Crippen LogP contribution in [-0.4, -0.2) is 82.8 Å². The van der Waals surface area contributed by atoms with E-state index in [1.54, 1.807) is 47.0 Å². The molecule has 1 atom stereocenters. The van der Waals surface area contributed by atoms with Gasteiger partial charge in [0, 0.05) is 12.5 Å². The van der Waals surface area contributed by atoms with Gasteiger partial charge in [-0.1, -0.05) is 85.3 Å². The third-order valence-corrected chi connectivity index (χ3v) is 9.79. The predicted molar refractivity (Wildman–Crippen MR) is 216 cm³/mol. The highest BCUT2D eigenvalue weighted by Gasteiger charge is 2.25. The van der Waals surface area contributed by atoms with Crippen molar-refractivity contribution in [2.24, 2.45) is 0 Å². The van der Waals surface area contributed by atoms with Gasteiger partial charge in [0.25, 0.3) is 6.01 Å². The molecule has 19 heteroatoms. The number of carbonyl (C=O) groups is 3. The number of hydrogen-bond acceptors (Lipinski definition) is 17. The van der Waals surface area contributed by atoms with Gasteiger partial charge in [0.2, 0.25) is 18.8 Å². The highest BCUT2D eigenvalue weighted by atomic mass is 17.1. The number of carbonyl (C=O) groups excluding carboxylic acids is 3. The number of imidazole rings is 1. The van der Waals surface area contributed by atoms with Crippen molar-refractivity contribution in [2.45, 2.75) is 84.8 Å². The minimum absolute atomic E-state index is 0.102. The highest BCUT2D eigenvalue weighted by Crippen LogP contribution is 2.32. The minimum Gasteiger partial charge on any atom is -0.465 e. The van der Waals surface area contributed by atoms with Crippen molar-refractivity contribution >= 4 is 29.3 Å². The van der Waals surface area contributed by atoms with E-state index >= 15 is 0 Å². The fraction of sp³-hybridized carbons (Fsp3) is 0.326. The molecule has 0 amide bonds. The number of para-hydroxylation sites is 1. The van der Waals surface area contributed by atoms with Gasteiger partial charge >= 0.3 is 18.3 Å². The smallest absolute Gasteiger partial charge is 0.465 e. The molecule has 2 aromatic heterocycles. The van der Waals surface area contributed by atoms with Crippen molar-refractivity contribution in [2.75, 3.05) is 6.61 Å². The zero-order valence-corrected chi connectivity index (χ0v) is 34.0. The number of tetrazole rings is 1. The predicted octanol–water partition coefficient (Wildman–Crippen LogP) is 7.62. The van der Waals surface area contributed by atoms with Crippen molar-refractivity contribution in [1.29, 1.82) is 0 Å². The van der Waals surface area contributed by atoms with Gasteiger partial charge in [-0.3, -0.25) is 15.0 Å². The lowest BCUT2D eigenvalue weighted by molar-refractivity contribution is -0.497. The Morgan fingerprint density at radius 3 is 2.32 bits per heavy atom. The molecule has 1 aliphatic carbocycles. The molecule has 1 aliphatic rings. The SMILES string of the molecule is CCOc1nc2cccc(C(=O)OC(C)OC(=O)OC3CCCCC3)c2n1Cc1ccc(-c2ccccc2-c2nnn(COC(=O)OCc3cccc(CON(O)O)c3)n2)cc1. The molecular formula is C43H45N7O12. The van der Waals surface area contributed by atoms with Gasteiger partial charge < -0.3 is 28.4 Å². The average molecular weight is 852 g/mol. The van der Waals surface area contributed by atoms with Crippen LogP contribution in [0.5, 0.6) is 6.01 Å². The van der Waals surface area contributed by atoms with Crippen LogP contribution in [-0.2, 0) is 55.0 Å². The van der Waals surface area contributed by atoms with Crippen molar-refractivity contribution in [3.05, 3.63) is 113 Å². The van der Waals surface area contributed by atoms with E-state index in [0.29, 0.717) is 52.7 Å². The zero-order chi connectivity index (χ0) is 43.4. The number of ether oxygens (including phenoxy) is 6. The van der Waals surface area contributed by atoms with Crippen LogP contribution < -0.4 is 4.74 Å². The van der Waals surface area contributed by atoms with E-state index < -0.39 is 24.6 Å². The van der Waals surface area contributed by atoms with Crippen LogP contribution in [0.3, 0.4) is 0 Å². The van der Waals surface area contributed by atoms with Gasteiger partial charge in [-0.15, -0.1) is 15.0 Å². The van der Waals surface area contributed by atoms with Crippen LogP contribution in [0.4, 0.5) is 9.59 Å². The molecule has 1 fully saturated rings. The molecular weight excluding hydrogens is 807 g/mol. The number of benzene rings is 4. The second kappa shape index (κ2) is 20.6. The fourth-order valence-corrected chi connectivity index (χ4v) is 6.98. The number of aromatic nitrogens is 6. The van der Waals surface area contributed by atoms with Crippen molar-refractivity contribution in [3.8, 4) is 28.5 Å². The lowest BCUT2D eigenvalue weighted by Gasteiger charge is -2.22. The number of fused-ring (bicyclic) bond motifs is 1. The Balaban J connectivity index is 0.998. The standard InChI is InChI=1S/C43H45N7O12/c1-3-56-41-44-37-18-10-17-36(40(51)60-28(2)61-43(53)62-33-13-5-4-6-14-33)38(37)48(41)24-29-19-21-32(22-20-29)34-15-7-8-16-35(34)39-45-47-49(46-39)27-58-42(52)57-25-30-11-9-12-31(23-30)26-59-50(54)55/h7-12,15-23,28,33,54-55H,3-6,13-14,24-27H2,1-2H3. The van der Waals surface area contributed by atoms with Gasteiger partial charge in [-0.25, -0.2) is 19.2 Å². The number of rotatable bonds is 17. The first kappa shape index (κ1) is 43.2. The molecule has 6 aromatic rings. The second-order valence-corrected chi connectivity index (χ2v) is 14.2. The topological polar surface area (TPSA) is 221 Å². The molecule has 0 spiro atoms. The summed E-state index contributed by atoms with van der Waals surface area (Å²) in [5, 5.41) is 29.8. The van der Waals surface area contributed by atoms with Gasteiger partial charge in [0.05, 0.1) is 41.7 Å². The molecule has 1 saturated carbocycles. The van der Waals surface area contributed by atoms with E-state index in [9.17, 15) is 14.4 Å². The third kappa shape index (κ3) is 11.3. The lowest BCUT2D eigenvalue weighted by Crippen LogP contribution is -2.26. The zero-order valence-electron chi connectivity index (χ0n) is 34.0. The van der Waals surface area contributed by atoms with E-state index in [0.717, 1.165) is 53.6 Å². The van der Waals surface area contributed by atoms with Gasteiger partial charge in [0.15, 0.2) is 0 Å². The molecule has 324 valence electrons. The maximum Gasteiger partial charge on any atom is 0.511 e. The molecule has 0 aliphatic heterocycles. The summed E-state index contributed by atoms with van der Waals surface area (Å²) >= 11 is 0. The van der Waals surface area contributed by atoms with Crippen LogP contribution in [0.15, 0.2) is 91.0 Å². The number of esters is 1. The Kier molecular flexibility index (Phi) is 14.3. The van der Waals surface area contributed by atoms with E-state index in [1.807, 2.05) is 55.5 Å². The molecule has 19 nitrogen and oxygen atoms in total. The van der Waals surface area contributed by atoms with E-state index in [4.69, 9.17) is 38.8 Å². The quantitative estimate of drug-likeness (QED) is 0.0390. The number of nitrogens with zero attached hydrogens (tertiary/aromatic N) is 7. The summed E-state index contributed by atoms with van der Waals surface area (Å²) in [5.74, 6) is -0.399. The Hall–Kier alpha value is -6.93. The monoisotopic (exact) mass is 851 g/mol. The lowest BCUT2D eigenvalue weighted by atomic mass is 9.98. The summed E-state index contributed by atoms with van der Waals surface area (Å²) in [7, 11) is 0. The largest absolute Gasteiger partial charge is 0.511 e. The summed E-state index contributed by atoms with van der Waals surface area (Å²) < 4.78 is 34.3. The molecule has 0 saturated heterocycles. The summed E-state index contributed by atoms with van der Waals surface area (Å²) in [4.78, 5) is 48.7.